The number of sulfone groups is 1. The SMILES string of the molecule is O=S(=O)(c1ccc(Oc2ccc(F)c(Cl)c2)c2c1CC(F)(F)C2)C(F)(F)F. The van der Waals surface area contributed by atoms with Crippen LogP contribution in [-0.4, -0.2) is 19.8 Å². The van der Waals surface area contributed by atoms with E-state index in [1.54, 1.807) is 0 Å². The van der Waals surface area contributed by atoms with E-state index in [2.05, 4.69) is 0 Å². The van der Waals surface area contributed by atoms with Gasteiger partial charge in [-0.25, -0.2) is 21.6 Å². The quantitative estimate of drug-likeness (QED) is 0.621. The molecule has 3 rings (SSSR count). The van der Waals surface area contributed by atoms with Crippen LogP contribution in [0.3, 0.4) is 0 Å². The summed E-state index contributed by atoms with van der Waals surface area (Å²) in [5.74, 6) is -4.50. The van der Waals surface area contributed by atoms with Gasteiger partial charge in [-0.15, -0.1) is 0 Å². The van der Waals surface area contributed by atoms with Crippen LogP contribution >= 0.6 is 11.6 Å². The lowest BCUT2D eigenvalue weighted by atomic mass is 10.1. The van der Waals surface area contributed by atoms with E-state index in [4.69, 9.17) is 16.3 Å². The second-order valence-electron chi connectivity index (χ2n) is 5.86. The Morgan fingerprint density at radius 2 is 1.67 bits per heavy atom. The highest BCUT2D eigenvalue weighted by Gasteiger charge is 2.51. The molecule has 0 atom stereocenters. The molecule has 2 aromatic rings. The number of alkyl halides is 5. The summed E-state index contributed by atoms with van der Waals surface area (Å²) in [6, 6.07) is 4.58. The number of hydrogen-bond donors (Lipinski definition) is 0. The van der Waals surface area contributed by atoms with Crippen LogP contribution in [0.5, 0.6) is 11.5 Å². The molecule has 0 unspecified atom stereocenters. The number of fused-ring (bicyclic) bond motifs is 1. The number of benzene rings is 2. The van der Waals surface area contributed by atoms with Crippen molar-refractivity contribution in [1.82, 2.24) is 0 Å². The van der Waals surface area contributed by atoms with Crippen LogP contribution in [-0.2, 0) is 22.7 Å². The van der Waals surface area contributed by atoms with Gasteiger partial charge in [0.1, 0.15) is 17.3 Å². The van der Waals surface area contributed by atoms with Crippen molar-refractivity contribution in [3.63, 3.8) is 0 Å². The van der Waals surface area contributed by atoms with Crippen molar-refractivity contribution in [3.05, 3.63) is 52.3 Å². The molecule has 0 aromatic heterocycles. The molecule has 0 N–H and O–H groups in total. The number of hydrogen-bond acceptors (Lipinski definition) is 3. The molecule has 1 aliphatic carbocycles. The monoisotopic (exact) mass is 430 g/mol. The van der Waals surface area contributed by atoms with Crippen molar-refractivity contribution in [2.24, 2.45) is 0 Å². The first-order valence-corrected chi connectivity index (χ1v) is 9.15. The summed E-state index contributed by atoms with van der Waals surface area (Å²) in [5.41, 5.74) is -6.64. The van der Waals surface area contributed by atoms with Crippen molar-refractivity contribution >= 4 is 21.4 Å². The van der Waals surface area contributed by atoms with E-state index in [-0.39, 0.29) is 22.1 Å². The van der Waals surface area contributed by atoms with E-state index in [9.17, 15) is 34.8 Å². The fourth-order valence-electron chi connectivity index (χ4n) is 2.76. The molecule has 0 fully saturated rings. The third-order valence-electron chi connectivity index (χ3n) is 3.93. The molecule has 2 aromatic carbocycles. The Kier molecular flexibility index (Phi) is 4.62. The van der Waals surface area contributed by atoms with E-state index in [0.717, 1.165) is 24.3 Å². The Hall–Kier alpha value is -1.94. The molecule has 0 bridgehead atoms. The predicted molar refractivity (Wildman–Crippen MR) is 83.5 cm³/mol. The molecule has 0 spiro atoms. The molecule has 0 radical (unpaired) electrons. The average molecular weight is 431 g/mol. The smallest absolute Gasteiger partial charge is 0.457 e. The minimum atomic E-state index is -5.81. The van der Waals surface area contributed by atoms with Crippen LogP contribution in [0.15, 0.2) is 35.2 Å². The summed E-state index contributed by atoms with van der Waals surface area (Å²) >= 11 is 5.60. The average Bonchev–Trinajstić information content (AvgIpc) is 2.85. The van der Waals surface area contributed by atoms with Gasteiger partial charge in [-0.05, 0) is 29.8 Å². The van der Waals surface area contributed by atoms with Gasteiger partial charge < -0.3 is 4.74 Å². The van der Waals surface area contributed by atoms with Crippen molar-refractivity contribution < 1.29 is 39.5 Å². The van der Waals surface area contributed by atoms with Gasteiger partial charge in [-0.1, -0.05) is 11.6 Å². The Bertz CT molecular complexity index is 1020. The maximum Gasteiger partial charge on any atom is 0.501 e. The largest absolute Gasteiger partial charge is 0.501 e. The third kappa shape index (κ3) is 3.60. The van der Waals surface area contributed by atoms with Crippen LogP contribution in [0.1, 0.15) is 11.1 Å². The van der Waals surface area contributed by atoms with E-state index in [0.29, 0.717) is 6.07 Å². The molecule has 146 valence electrons. The molecule has 11 heteroatoms. The fourth-order valence-corrected chi connectivity index (χ4v) is 3.94. The van der Waals surface area contributed by atoms with Gasteiger partial charge in [0.15, 0.2) is 0 Å². The molecule has 0 heterocycles. The van der Waals surface area contributed by atoms with E-state index >= 15 is 0 Å². The first kappa shape index (κ1) is 19.8. The first-order valence-electron chi connectivity index (χ1n) is 7.29. The molecular formula is C16H9ClF6O3S. The van der Waals surface area contributed by atoms with Crippen LogP contribution in [0.2, 0.25) is 5.02 Å². The summed E-state index contributed by atoms with van der Waals surface area (Å²) in [6.45, 7) is 0. The van der Waals surface area contributed by atoms with Crippen LogP contribution in [0, 0.1) is 5.82 Å². The Morgan fingerprint density at radius 3 is 2.26 bits per heavy atom. The molecule has 27 heavy (non-hydrogen) atoms. The lowest BCUT2D eigenvalue weighted by molar-refractivity contribution is -0.0437. The zero-order valence-corrected chi connectivity index (χ0v) is 14.7. The Morgan fingerprint density at radius 1 is 1.04 bits per heavy atom. The highest BCUT2D eigenvalue weighted by atomic mass is 35.5. The summed E-state index contributed by atoms with van der Waals surface area (Å²) in [4.78, 5) is -1.23. The van der Waals surface area contributed by atoms with Gasteiger partial charge >= 0.3 is 5.51 Å². The van der Waals surface area contributed by atoms with E-state index in [1.165, 1.54) is 0 Å². The number of halogens is 7. The van der Waals surface area contributed by atoms with Crippen LogP contribution in [0.4, 0.5) is 26.3 Å². The molecule has 0 aliphatic heterocycles. The van der Waals surface area contributed by atoms with Gasteiger partial charge in [0.2, 0.25) is 0 Å². The zero-order chi connectivity index (χ0) is 20.2. The zero-order valence-electron chi connectivity index (χ0n) is 13.1. The summed E-state index contributed by atoms with van der Waals surface area (Å²) in [7, 11) is -5.81. The maximum absolute atomic E-state index is 13.8. The van der Waals surface area contributed by atoms with Gasteiger partial charge in [-0.2, -0.15) is 13.2 Å². The molecule has 1 aliphatic rings. The standard InChI is InChI=1S/C16H9ClF6O3S/c17-11-5-8(1-2-12(11)18)26-13-3-4-14(27(24,25)16(21,22)23)10-7-15(19,20)6-9(10)13/h1-5H,6-7H2. The minimum absolute atomic E-state index is 0.0507. The Labute approximate surface area is 154 Å². The lowest BCUT2D eigenvalue weighted by Gasteiger charge is -2.15. The molecule has 0 saturated carbocycles. The Balaban J connectivity index is 2.11. The van der Waals surface area contributed by atoms with Crippen molar-refractivity contribution in [2.45, 2.75) is 29.2 Å². The summed E-state index contributed by atoms with van der Waals surface area (Å²) < 4.78 is 108. The van der Waals surface area contributed by atoms with Crippen LogP contribution in [0.25, 0.3) is 0 Å². The topological polar surface area (TPSA) is 43.4 Å². The lowest BCUT2D eigenvalue weighted by Crippen LogP contribution is -2.25. The minimum Gasteiger partial charge on any atom is -0.457 e. The third-order valence-corrected chi connectivity index (χ3v) is 5.79. The fraction of sp³-hybridized carbons (Fsp3) is 0.250. The predicted octanol–water partition coefficient (Wildman–Crippen LogP) is 5.30. The number of ether oxygens (including phenoxy) is 1. The van der Waals surface area contributed by atoms with Gasteiger partial charge in [0.25, 0.3) is 15.8 Å². The highest BCUT2D eigenvalue weighted by molar-refractivity contribution is 7.92. The molecule has 0 amide bonds. The van der Waals surface area contributed by atoms with Crippen molar-refractivity contribution in [1.29, 1.82) is 0 Å². The van der Waals surface area contributed by atoms with Gasteiger partial charge in [-0.3, -0.25) is 0 Å². The van der Waals surface area contributed by atoms with Crippen molar-refractivity contribution in [2.75, 3.05) is 0 Å². The van der Waals surface area contributed by atoms with E-state index < -0.39 is 50.4 Å². The second-order valence-corrected chi connectivity index (χ2v) is 8.17. The molecule has 3 nitrogen and oxygen atoms in total. The van der Waals surface area contributed by atoms with Crippen molar-refractivity contribution in [3.8, 4) is 11.5 Å². The van der Waals surface area contributed by atoms with Gasteiger partial charge in [0.05, 0.1) is 9.92 Å². The van der Waals surface area contributed by atoms with Gasteiger partial charge in [0, 0.05) is 24.5 Å². The maximum atomic E-state index is 13.8. The molecular weight excluding hydrogens is 422 g/mol. The van der Waals surface area contributed by atoms with Crippen LogP contribution < -0.4 is 4.74 Å². The molecule has 0 saturated heterocycles. The summed E-state index contributed by atoms with van der Waals surface area (Å²) in [6.07, 6.45) is -2.16. The number of rotatable bonds is 3. The second kappa shape index (κ2) is 6.30. The highest BCUT2D eigenvalue weighted by Crippen LogP contribution is 2.45. The normalized spacial score (nSPS) is 16.3. The van der Waals surface area contributed by atoms with E-state index in [1.807, 2.05) is 0 Å². The first-order chi connectivity index (χ1) is 12.3. The summed E-state index contributed by atoms with van der Waals surface area (Å²) in [5, 5.41) is -0.314.